The van der Waals surface area contributed by atoms with Gasteiger partial charge in [0.05, 0.1) is 20.3 Å². The maximum atomic E-state index is 13.4. The monoisotopic (exact) mass is 452 g/mol. The number of amides is 1. The highest BCUT2D eigenvalue weighted by molar-refractivity contribution is 7.07. The van der Waals surface area contributed by atoms with Crippen LogP contribution < -0.4 is 14.3 Å². The first-order chi connectivity index (χ1) is 15.5. The average molecular weight is 453 g/mol. The van der Waals surface area contributed by atoms with E-state index in [1.165, 1.54) is 16.9 Å². The summed E-state index contributed by atoms with van der Waals surface area (Å²) in [6.45, 7) is 3.12. The molecule has 0 spiro atoms. The second kappa shape index (κ2) is 9.61. The highest BCUT2D eigenvalue weighted by Crippen LogP contribution is 2.41. The van der Waals surface area contributed by atoms with E-state index in [2.05, 4.69) is 12.1 Å². The lowest BCUT2D eigenvalue weighted by Gasteiger charge is -2.38. The molecule has 0 radical (unpaired) electrons. The number of carbonyl (C=O) groups excluding carboxylic acids is 1. The Bertz CT molecular complexity index is 1150. The summed E-state index contributed by atoms with van der Waals surface area (Å²) in [7, 11) is 3.26. The molecule has 6 nitrogen and oxygen atoms in total. The fourth-order valence-corrected chi connectivity index (χ4v) is 5.18. The van der Waals surface area contributed by atoms with Gasteiger partial charge >= 0.3 is 4.87 Å². The molecule has 1 aliphatic heterocycles. The van der Waals surface area contributed by atoms with Crippen molar-refractivity contribution in [2.24, 2.45) is 0 Å². The molecule has 7 heteroatoms. The summed E-state index contributed by atoms with van der Waals surface area (Å²) in [6.07, 6.45) is 1.79. The van der Waals surface area contributed by atoms with Gasteiger partial charge in [0.2, 0.25) is 5.91 Å². The van der Waals surface area contributed by atoms with E-state index in [0.29, 0.717) is 37.4 Å². The lowest BCUT2D eigenvalue weighted by atomic mass is 9.87. The van der Waals surface area contributed by atoms with Crippen molar-refractivity contribution in [1.29, 1.82) is 0 Å². The molecule has 2 aromatic carbocycles. The van der Waals surface area contributed by atoms with E-state index in [-0.39, 0.29) is 16.8 Å². The number of aryl methyl sites for hydroxylation is 1. The molecular formula is C25H28N2O4S. The minimum Gasteiger partial charge on any atom is -0.493 e. The molecule has 0 saturated carbocycles. The molecule has 0 fully saturated rings. The van der Waals surface area contributed by atoms with E-state index < -0.39 is 0 Å². The first-order valence-corrected chi connectivity index (χ1v) is 11.7. The number of ether oxygens (including phenoxy) is 2. The Hall–Kier alpha value is -3.06. The molecule has 1 amide bonds. The van der Waals surface area contributed by atoms with E-state index in [1.807, 2.05) is 47.5 Å². The molecule has 3 aromatic rings. The van der Waals surface area contributed by atoms with Crippen LogP contribution in [0.4, 0.5) is 0 Å². The predicted octanol–water partition coefficient (Wildman–Crippen LogP) is 4.19. The summed E-state index contributed by atoms with van der Waals surface area (Å²) in [4.78, 5) is 27.3. The lowest BCUT2D eigenvalue weighted by molar-refractivity contribution is -0.133. The fraction of sp³-hybridized carbons (Fsp3) is 0.360. The van der Waals surface area contributed by atoms with Crippen molar-refractivity contribution in [3.05, 3.63) is 79.9 Å². The smallest absolute Gasteiger partial charge is 0.307 e. The number of aromatic nitrogens is 1. The number of nitrogens with zero attached hydrogens (tertiary/aromatic N) is 2. The Labute approximate surface area is 192 Å². The van der Waals surface area contributed by atoms with Gasteiger partial charge in [-0.2, -0.15) is 0 Å². The Balaban J connectivity index is 1.61. The van der Waals surface area contributed by atoms with Gasteiger partial charge in [0.1, 0.15) is 0 Å². The van der Waals surface area contributed by atoms with Gasteiger partial charge in [-0.05, 0) is 48.6 Å². The molecule has 1 atom stereocenters. The van der Waals surface area contributed by atoms with Gasteiger partial charge in [-0.25, -0.2) is 0 Å². The van der Waals surface area contributed by atoms with Crippen LogP contribution in [0, 0.1) is 6.92 Å². The number of thiazole rings is 1. The summed E-state index contributed by atoms with van der Waals surface area (Å²) in [5, 5.41) is 1.86. The number of hydrogen-bond acceptors (Lipinski definition) is 5. The topological polar surface area (TPSA) is 60.8 Å². The maximum absolute atomic E-state index is 13.4. The van der Waals surface area contributed by atoms with E-state index >= 15 is 0 Å². The first kappa shape index (κ1) is 22.1. The van der Waals surface area contributed by atoms with Crippen molar-refractivity contribution in [2.45, 2.75) is 38.8 Å². The largest absolute Gasteiger partial charge is 0.493 e. The maximum Gasteiger partial charge on any atom is 0.307 e. The molecule has 0 N–H and O–H groups in total. The summed E-state index contributed by atoms with van der Waals surface area (Å²) in [6, 6.07) is 13.9. The third-order valence-electron chi connectivity index (χ3n) is 6.06. The second-order valence-electron chi connectivity index (χ2n) is 7.95. The molecule has 1 aliphatic rings. The quantitative estimate of drug-likeness (QED) is 0.539. The van der Waals surface area contributed by atoms with Crippen LogP contribution in [0.5, 0.6) is 11.5 Å². The third-order valence-corrected chi connectivity index (χ3v) is 6.94. The molecule has 2 heterocycles. The molecule has 0 bridgehead atoms. The standard InChI is InChI=1S/C25H28N2O4S/c1-17-16-32-25(29)26(17)12-7-10-23(28)27-13-11-19-14-21(30-2)22(31-3)15-20(19)24(27)18-8-5-4-6-9-18/h4-6,8-9,14-16,24H,7,10-13H2,1-3H3/t24-/m0/s1. The summed E-state index contributed by atoms with van der Waals surface area (Å²) in [5.41, 5.74) is 4.25. The van der Waals surface area contributed by atoms with Crippen LogP contribution in [0.1, 0.15) is 41.3 Å². The fourth-order valence-electron chi connectivity index (χ4n) is 4.42. The summed E-state index contributed by atoms with van der Waals surface area (Å²) >= 11 is 1.20. The van der Waals surface area contributed by atoms with E-state index in [4.69, 9.17) is 9.47 Å². The zero-order valence-electron chi connectivity index (χ0n) is 18.7. The van der Waals surface area contributed by atoms with Gasteiger partial charge in [0.15, 0.2) is 11.5 Å². The summed E-state index contributed by atoms with van der Waals surface area (Å²) in [5.74, 6) is 1.46. The van der Waals surface area contributed by atoms with Gasteiger partial charge in [-0.15, -0.1) is 0 Å². The molecule has 0 aliphatic carbocycles. The molecule has 168 valence electrons. The van der Waals surface area contributed by atoms with Gasteiger partial charge in [-0.1, -0.05) is 41.7 Å². The highest BCUT2D eigenvalue weighted by Gasteiger charge is 2.33. The van der Waals surface area contributed by atoms with E-state index in [9.17, 15) is 9.59 Å². The minimum absolute atomic E-state index is 0.0325. The molecule has 32 heavy (non-hydrogen) atoms. The van der Waals surface area contributed by atoms with Gasteiger partial charge in [0, 0.05) is 30.6 Å². The van der Waals surface area contributed by atoms with Crippen LogP contribution in [0.25, 0.3) is 0 Å². The number of benzene rings is 2. The van der Waals surface area contributed by atoms with Crippen LogP contribution >= 0.6 is 11.3 Å². The zero-order valence-corrected chi connectivity index (χ0v) is 19.5. The Morgan fingerprint density at radius 2 is 1.84 bits per heavy atom. The number of hydrogen-bond donors (Lipinski definition) is 0. The van der Waals surface area contributed by atoms with Gasteiger partial charge in [0.25, 0.3) is 0 Å². The number of carbonyl (C=O) groups is 1. The SMILES string of the molecule is COc1cc2c(cc1OC)[C@H](c1ccccc1)N(C(=O)CCCn1c(C)csc1=O)CC2. The Morgan fingerprint density at radius 3 is 2.50 bits per heavy atom. The van der Waals surface area contributed by atoms with Crippen LogP contribution in [0.2, 0.25) is 0 Å². The Morgan fingerprint density at radius 1 is 1.12 bits per heavy atom. The van der Waals surface area contributed by atoms with Crippen LogP contribution in [-0.4, -0.2) is 36.1 Å². The first-order valence-electron chi connectivity index (χ1n) is 10.8. The van der Waals surface area contributed by atoms with E-state index in [1.54, 1.807) is 18.8 Å². The van der Waals surface area contributed by atoms with Crippen molar-refractivity contribution in [1.82, 2.24) is 9.47 Å². The second-order valence-corrected chi connectivity index (χ2v) is 8.78. The Kier molecular flexibility index (Phi) is 6.65. The van der Waals surface area contributed by atoms with Crippen LogP contribution in [0.15, 0.2) is 52.6 Å². The van der Waals surface area contributed by atoms with Crippen molar-refractivity contribution in [3.63, 3.8) is 0 Å². The zero-order chi connectivity index (χ0) is 22.7. The van der Waals surface area contributed by atoms with Crippen LogP contribution in [0.3, 0.4) is 0 Å². The average Bonchev–Trinajstić information content (AvgIpc) is 3.14. The van der Waals surface area contributed by atoms with Crippen LogP contribution in [-0.2, 0) is 17.8 Å². The number of methoxy groups -OCH3 is 2. The van der Waals surface area contributed by atoms with Gasteiger partial charge in [-0.3, -0.25) is 9.59 Å². The van der Waals surface area contributed by atoms with Crippen molar-refractivity contribution in [3.8, 4) is 11.5 Å². The number of rotatable bonds is 7. The van der Waals surface area contributed by atoms with Crippen molar-refractivity contribution in [2.75, 3.05) is 20.8 Å². The molecule has 0 unspecified atom stereocenters. The van der Waals surface area contributed by atoms with Crippen molar-refractivity contribution >= 4 is 17.2 Å². The third kappa shape index (κ3) is 4.30. The number of fused-ring (bicyclic) bond motifs is 1. The van der Waals surface area contributed by atoms with Gasteiger partial charge < -0.3 is 18.9 Å². The molecule has 1 aromatic heterocycles. The molecular weight excluding hydrogens is 424 g/mol. The molecule has 0 saturated heterocycles. The minimum atomic E-state index is -0.183. The van der Waals surface area contributed by atoms with E-state index in [0.717, 1.165) is 23.2 Å². The molecule has 4 rings (SSSR count). The van der Waals surface area contributed by atoms with Crippen molar-refractivity contribution < 1.29 is 14.3 Å². The summed E-state index contributed by atoms with van der Waals surface area (Å²) < 4.78 is 12.8. The highest BCUT2D eigenvalue weighted by atomic mass is 32.1. The predicted molar refractivity (Wildman–Crippen MR) is 126 cm³/mol. The lowest BCUT2D eigenvalue weighted by Crippen LogP contribution is -2.40. The normalized spacial score (nSPS) is 15.3.